The van der Waals surface area contributed by atoms with Gasteiger partial charge in [-0.15, -0.1) is 12.4 Å². The van der Waals surface area contributed by atoms with Crippen LogP contribution < -0.4 is 11.1 Å². The molecule has 0 aromatic heterocycles. The largest absolute Gasteiger partial charge is 0.354 e. The molecule has 1 aliphatic carbocycles. The van der Waals surface area contributed by atoms with Crippen molar-refractivity contribution in [2.75, 3.05) is 6.54 Å². The molecule has 2 aliphatic rings. The fraction of sp³-hybridized carbons (Fsp3) is 0.600. The second-order valence-corrected chi connectivity index (χ2v) is 8.08. The molecule has 4 atom stereocenters. The highest BCUT2D eigenvalue weighted by Crippen LogP contribution is 2.40. The van der Waals surface area contributed by atoms with Crippen molar-refractivity contribution in [1.29, 1.82) is 0 Å². The average molecular weight is 414 g/mol. The van der Waals surface area contributed by atoms with Crippen LogP contribution in [0.2, 0.25) is 5.02 Å². The predicted molar refractivity (Wildman–Crippen MR) is 110 cm³/mol. The van der Waals surface area contributed by atoms with Crippen molar-refractivity contribution >= 4 is 35.8 Å². The molecule has 1 saturated carbocycles. The van der Waals surface area contributed by atoms with Crippen molar-refractivity contribution in [2.24, 2.45) is 11.7 Å². The molecule has 4 unspecified atom stereocenters. The highest BCUT2D eigenvalue weighted by atomic mass is 35.5. The number of carbonyl (C=O) groups excluding carboxylic acids is 2. The van der Waals surface area contributed by atoms with Crippen LogP contribution in [0.1, 0.15) is 55.8 Å². The summed E-state index contributed by atoms with van der Waals surface area (Å²) in [5, 5.41) is 3.51. The van der Waals surface area contributed by atoms with Gasteiger partial charge < -0.3 is 16.0 Å². The zero-order valence-electron chi connectivity index (χ0n) is 15.7. The predicted octanol–water partition coefficient (Wildman–Crippen LogP) is 3.39. The quantitative estimate of drug-likeness (QED) is 0.776. The molecular formula is C20H29Cl2N3O2. The van der Waals surface area contributed by atoms with E-state index in [0.717, 1.165) is 32.1 Å². The van der Waals surface area contributed by atoms with Crippen LogP contribution >= 0.6 is 24.0 Å². The van der Waals surface area contributed by atoms with Crippen LogP contribution in [0.5, 0.6) is 0 Å². The van der Waals surface area contributed by atoms with E-state index in [9.17, 15) is 9.59 Å². The van der Waals surface area contributed by atoms with Gasteiger partial charge in [0.2, 0.25) is 5.91 Å². The average Bonchev–Trinajstić information content (AvgIpc) is 3.00. The van der Waals surface area contributed by atoms with E-state index in [1.807, 2.05) is 11.8 Å². The Bertz CT molecular complexity index is 668. The minimum atomic E-state index is -0.400. The lowest BCUT2D eigenvalue weighted by molar-refractivity contribution is -0.125. The van der Waals surface area contributed by atoms with Gasteiger partial charge in [0, 0.05) is 29.2 Å². The molecule has 3 N–H and O–H groups in total. The van der Waals surface area contributed by atoms with Crippen molar-refractivity contribution in [3.63, 3.8) is 0 Å². The number of benzene rings is 1. The number of halogens is 2. The zero-order valence-corrected chi connectivity index (χ0v) is 17.3. The molecule has 2 fully saturated rings. The number of carbonyl (C=O) groups is 2. The maximum atomic E-state index is 13.2. The molecule has 27 heavy (non-hydrogen) atoms. The van der Waals surface area contributed by atoms with Crippen LogP contribution in [0.25, 0.3) is 0 Å². The van der Waals surface area contributed by atoms with E-state index in [1.54, 1.807) is 24.3 Å². The SMILES string of the molecule is CC(N)CCNC(=O)C1CC2CCCCC2N1C(=O)c1cccc(Cl)c1.Cl. The van der Waals surface area contributed by atoms with E-state index in [4.69, 9.17) is 17.3 Å². The highest BCUT2D eigenvalue weighted by molar-refractivity contribution is 6.31. The molecule has 5 nitrogen and oxygen atoms in total. The van der Waals surface area contributed by atoms with Gasteiger partial charge in [-0.3, -0.25) is 9.59 Å². The number of amides is 2. The number of likely N-dealkylation sites (tertiary alicyclic amines) is 1. The number of hydrogen-bond donors (Lipinski definition) is 2. The van der Waals surface area contributed by atoms with Crippen molar-refractivity contribution in [3.8, 4) is 0 Å². The summed E-state index contributed by atoms with van der Waals surface area (Å²) in [6, 6.07) is 6.79. The van der Waals surface area contributed by atoms with Gasteiger partial charge in [-0.25, -0.2) is 0 Å². The van der Waals surface area contributed by atoms with Crippen LogP contribution in [0.4, 0.5) is 0 Å². The van der Waals surface area contributed by atoms with Crippen molar-refractivity contribution in [1.82, 2.24) is 10.2 Å². The van der Waals surface area contributed by atoms with E-state index in [0.29, 0.717) is 23.0 Å². The summed E-state index contributed by atoms with van der Waals surface area (Å²) < 4.78 is 0. The lowest BCUT2D eigenvalue weighted by Gasteiger charge is -2.33. The molecule has 1 aromatic carbocycles. The molecule has 2 amide bonds. The van der Waals surface area contributed by atoms with E-state index < -0.39 is 6.04 Å². The number of nitrogens with zero attached hydrogens (tertiary/aromatic N) is 1. The van der Waals surface area contributed by atoms with Crippen LogP contribution in [-0.4, -0.2) is 41.4 Å². The van der Waals surface area contributed by atoms with Crippen molar-refractivity contribution < 1.29 is 9.59 Å². The Morgan fingerprint density at radius 3 is 2.78 bits per heavy atom. The Hall–Kier alpha value is -1.30. The lowest BCUT2D eigenvalue weighted by Crippen LogP contribution is -2.50. The van der Waals surface area contributed by atoms with Crippen molar-refractivity contribution in [2.45, 2.75) is 63.6 Å². The summed E-state index contributed by atoms with van der Waals surface area (Å²) in [6.45, 7) is 2.47. The molecule has 7 heteroatoms. The maximum Gasteiger partial charge on any atom is 0.254 e. The highest BCUT2D eigenvalue weighted by Gasteiger charge is 2.47. The van der Waals surface area contributed by atoms with Crippen LogP contribution in [0.3, 0.4) is 0 Å². The van der Waals surface area contributed by atoms with Crippen LogP contribution in [-0.2, 0) is 4.79 Å². The first-order chi connectivity index (χ1) is 12.5. The molecule has 0 spiro atoms. The zero-order chi connectivity index (χ0) is 18.7. The standard InChI is InChI=1S/C20H28ClN3O2.ClH/c1-13(22)9-10-23-19(25)18-12-14-5-2-3-8-17(14)24(18)20(26)15-6-4-7-16(21)11-15;/h4,6-7,11,13-14,17-18H,2-3,5,8-10,12,22H2,1H3,(H,23,25);1H. The molecule has 0 bridgehead atoms. The molecule has 1 heterocycles. The van der Waals surface area contributed by atoms with E-state index in [-0.39, 0.29) is 36.3 Å². The smallest absolute Gasteiger partial charge is 0.254 e. The monoisotopic (exact) mass is 413 g/mol. The number of hydrogen-bond acceptors (Lipinski definition) is 3. The van der Waals surface area contributed by atoms with Gasteiger partial charge in [0.15, 0.2) is 0 Å². The molecular weight excluding hydrogens is 385 g/mol. The maximum absolute atomic E-state index is 13.2. The van der Waals surface area contributed by atoms with E-state index >= 15 is 0 Å². The van der Waals surface area contributed by atoms with Gasteiger partial charge >= 0.3 is 0 Å². The summed E-state index contributed by atoms with van der Waals surface area (Å²) in [4.78, 5) is 27.9. The third-order valence-corrected chi connectivity index (χ3v) is 5.83. The topological polar surface area (TPSA) is 75.4 Å². The second-order valence-electron chi connectivity index (χ2n) is 7.64. The van der Waals surface area contributed by atoms with Gasteiger partial charge in [-0.05, 0) is 56.7 Å². The first-order valence-corrected chi connectivity index (χ1v) is 9.96. The normalized spacial score (nSPS) is 25.3. The Morgan fingerprint density at radius 1 is 1.33 bits per heavy atom. The van der Waals surface area contributed by atoms with Gasteiger partial charge in [-0.1, -0.05) is 30.5 Å². The molecule has 1 aromatic rings. The molecule has 0 radical (unpaired) electrons. The van der Waals surface area contributed by atoms with Gasteiger partial charge in [-0.2, -0.15) is 0 Å². The number of nitrogens with two attached hydrogens (primary N) is 1. The van der Waals surface area contributed by atoms with E-state index in [1.165, 1.54) is 6.42 Å². The van der Waals surface area contributed by atoms with Gasteiger partial charge in [0.1, 0.15) is 6.04 Å². The summed E-state index contributed by atoms with van der Waals surface area (Å²) in [6.07, 6.45) is 5.83. The molecule has 150 valence electrons. The summed E-state index contributed by atoms with van der Waals surface area (Å²) in [5.41, 5.74) is 6.32. The molecule has 1 saturated heterocycles. The van der Waals surface area contributed by atoms with Gasteiger partial charge in [0.25, 0.3) is 5.91 Å². The molecule has 3 rings (SSSR count). The number of fused-ring (bicyclic) bond motifs is 1. The summed E-state index contributed by atoms with van der Waals surface area (Å²) >= 11 is 6.07. The lowest BCUT2D eigenvalue weighted by atomic mass is 9.84. The Morgan fingerprint density at radius 2 is 2.07 bits per heavy atom. The summed E-state index contributed by atoms with van der Waals surface area (Å²) in [5.74, 6) is 0.265. The van der Waals surface area contributed by atoms with Crippen LogP contribution in [0, 0.1) is 5.92 Å². The first kappa shape index (κ1) is 22.0. The minimum absolute atomic E-state index is 0. The fourth-order valence-electron chi connectivity index (χ4n) is 4.30. The second kappa shape index (κ2) is 9.76. The first-order valence-electron chi connectivity index (χ1n) is 9.59. The van der Waals surface area contributed by atoms with E-state index in [2.05, 4.69) is 5.32 Å². The molecule has 1 aliphatic heterocycles. The summed E-state index contributed by atoms with van der Waals surface area (Å²) in [7, 11) is 0. The minimum Gasteiger partial charge on any atom is -0.354 e. The Kier molecular flexibility index (Phi) is 7.95. The van der Waals surface area contributed by atoms with Crippen molar-refractivity contribution in [3.05, 3.63) is 34.9 Å². The van der Waals surface area contributed by atoms with Gasteiger partial charge in [0.05, 0.1) is 0 Å². The Labute approximate surface area is 172 Å². The third-order valence-electron chi connectivity index (χ3n) is 5.60. The fourth-order valence-corrected chi connectivity index (χ4v) is 4.49. The Balaban J connectivity index is 0.00000261. The van der Waals surface area contributed by atoms with Crippen LogP contribution in [0.15, 0.2) is 24.3 Å². The third kappa shape index (κ3) is 5.15. The number of nitrogens with one attached hydrogen (secondary N) is 1. The number of rotatable bonds is 5.